The number of carbonyl (C=O) groups excluding carboxylic acids is 1. The van der Waals surface area contributed by atoms with Crippen LogP contribution in [-0.2, 0) is 17.5 Å². The number of thioether (sulfide) groups is 1. The first-order valence-electron chi connectivity index (χ1n) is 8.57. The van der Waals surface area contributed by atoms with Gasteiger partial charge in [0.25, 0.3) is 0 Å². The van der Waals surface area contributed by atoms with Crippen molar-refractivity contribution in [1.29, 1.82) is 0 Å². The SMILES string of the molecule is CCn1c(SCC(=O)Nc2ccccc2C(F)(F)F)nnc1-c1ccc(F)cc1. The maximum absolute atomic E-state index is 13.1. The number of anilines is 1. The van der Waals surface area contributed by atoms with Crippen LogP contribution in [0.1, 0.15) is 12.5 Å². The summed E-state index contributed by atoms with van der Waals surface area (Å²) in [5.41, 5.74) is -0.542. The number of nitrogens with one attached hydrogen (secondary N) is 1. The maximum atomic E-state index is 13.1. The lowest BCUT2D eigenvalue weighted by Crippen LogP contribution is -2.18. The van der Waals surface area contributed by atoms with Gasteiger partial charge in [-0.05, 0) is 43.3 Å². The van der Waals surface area contributed by atoms with Crippen LogP contribution >= 0.6 is 11.8 Å². The highest BCUT2D eigenvalue weighted by atomic mass is 32.2. The van der Waals surface area contributed by atoms with Crippen LogP contribution in [0.3, 0.4) is 0 Å². The molecule has 0 aliphatic carbocycles. The summed E-state index contributed by atoms with van der Waals surface area (Å²) in [5.74, 6) is -0.603. The summed E-state index contributed by atoms with van der Waals surface area (Å²) in [5, 5.41) is 10.9. The van der Waals surface area contributed by atoms with Gasteiger partial charge in [0.05, 0.1) is 17.0 Å². The fraction of sp³-hybridized carbons (Fsp3) is 0.211. The van der Waals surface area contributed by atoms with Crippen LogP contribution < -0.4 is 5.32 Å². The lowest BCUT2D eigenvalue weighted by Gasteiger charge is -2.13. The summed E-state index contributed by atoms with van der Waals surface area (Å²) >= 11 is 1.05. The Morgan fingerprint density at radius 1 is 1.10 bits per heavy atom. The van der Waals surface area contributed by atoms with Crippen LogP contribution in [0.2, 0.25) is 0 Å². The van der Waals surface area contributed by atoms with Crippen molar-refractivity contribution in [2.24, 2.45) is 0 Å². The fourth-order valence-corrected chi connectivity index (χ4v) is 3.45. The van der Waals surface area contributed by atoms with E-state index in [-0.39, 0.29) is 17.3 Å². The van der Waals surface area contributed by atoms with Gasteiger partial charge in [-0.2, -0.15) is 13.2 Å². The second-order valence-electron chi connectivity index (χ2n) is 5.94. The molecule has 0 aliphatic heterocycles. The summed E-state index contributed by atoms with van der Waals surface area (Å²) in [6, 6.07) is 10.5. The number of hydrogen-bond acceptors (Lipinski definition) is 4. The third-order valence-corrected chi connectivity index (χ3v) is 4.94. The standard InChI is InChI=1S/C19H16F4N4OS/c1-2-27-17(12-7-9-13(20)10-8-12)25-26-18(27)29-11-16(28)24-15-6-4-3-5-14(15)19(21,22)23/h3-10H,2,11H2,1H3,(H,24,28). The van der Waals surface area contributed by atoms with Crippen molar-refractivity contribution < 1.29 is 22.4 Å². The van der Waals surface area contributed by atoms with E-state index in [1.165, 1.54) is 30.3 Å². The zero-order valence-electron chi connectivity index (χ0n) is 15.2. The topological polar surface area (TPSA) is 59.8 Å². The number of carbonyl (C=O) groups is 1. The Bertz CT molecular complexity index is 1000. The molecular weight excluding hydrogens is 408 g/mol. The van der Waals surface area contributed by atoms with E-state index in [2.05, 4.69) is 15.5 Å². The number of nitrogens with zero attached hydrogens (tertiary/aromatic N) is 3. The summed E-state index contributed by atoms with van der Waals surface area (Å²) in [6.45, 7) is 2.36. The van der Waals surface area contributed by atoms with E-state index in [0.717, 1.165) is 17.8 Å². The number of para-hydroxylation sites is 1. The van der Waals surface area contributed by atoms with Crippen molar-refractivity contribution >= 4 is 23.4 Å². The second kappa shape index (κ2) is 8.64. The van der Waals surface area contributed by atoms with E-state index in [0.29, 0.717) is 23.1 Å². The largest absolute Gasteiger partial charge is 0.418 e. The lowest BCUT2D eigenvalue weighted by atomic mass is 10.1. The van der Waals surface area contributed by atoms with E-state index in [9.17, 15) is 22.4 Å². The van der Waals surface area contributed by atoms with Crippen LogP contribution in [0.5, 0.6) is 0 Å². The van der Waals surface area contributed by atoms with Crippen LogP contribution in [-0.4, -0.2) is 26.4 Å². The number of benzene rings is 2. The molecule has 3 aromatic rings. The first-order chi connectivity index (χ1) is 13.8. The van der Waals surface area contributed by atoms with Gasteiger partial charge in [0.1, 0.15) is 5.82 Å². The number of amides is 1. The minimum absolute atomic E-state index is 0.145. The normalized spacial score (nSPS) is 11.5. The Morgan fingerprint density at radius 2 is 1.79 bits per heavy atom. The molecular formula is C19H16F4N4OS. The van der Waals surface area contributed by atoms with Crippen molar-refractivity contribution in [3.63, 3.8) is 0 Å². The minimum atomic E-state index is -4.57. The molecule has 152 valence electrons. The average Bonchev–Trinajstić information content (AvgIpc) is 3.09. The Hall–Kier alpha value is -2.88. The van der Waals surface area contributed by atoms with Gasteiger partial charge in [0.15, 0.2) is 11.0 Å². The number of hydrogen-bond donors (Lipinski definition) is 1. The highest BCUT2D eigenvalue weighted by Gasteiger charge is 2.33. The Kier molecular flexibility index (Phi) is 6.21. The first kappa shape index (κ1) is 20.8. The average molecular weight is 424 g/mol. The molecule has 0 saturated carbocycles. The van der Waals surface area contributed by atoms with Gasteiger partial charge in [0.2, 0.25) is 5.91 Å². The van der Waals surface area contributed by atoms with Crippen LogP contribution in [0, 0.1) is 5.82 Å². The van der Waals surface area contributed by atoms with Gasteiger partial charge in [-0.1, -0.05) is 23.9 Å². The highest BCUT2D eigenvalue weighted by Crippen LogP contribution is 2.34. The van der Waals surface area contributed by atoms with Gasteiger partial charge >= 0.3 is 6.18 Å². The molecule has 0 unspecified atom stereocenters. The van der Waals surface area contributed by atoms with Crippen LogP contribution in [0.4, 0.5) is 23.2 Å². The van der Waals surface area contributed by atoms with E-state index >= 15 is 0 Å². The van der Waals surface area contributed by atoms with Gasteiger partial charge in [-0.3, -0.25) is 4.79 Å². The van der Waals surface area contributed by atoms with Crippen molar-refractivity contribution in [2.45, 2.75) is 24.8 Å². The quantitative estimate of drug-likeness (QED) is 0.454. The Labute approximate surface area is 168 Å². The molecule has 1 N–H and O–H groups in total. The molecule has 2 aromatic carbocycles. The van der Waals surface area contributed by atoms with E-state index in [1.807, 2.05) is 6.92 Å². The van der Waals surface area contributed by atoms with Gasteiger partial charge in [-0.15, -0.1) is 10.2 Å². The number of halogens is 4. The second-order valence-corrected chi connectivity index (χ2v) is 6.88. The smallest absolute Gasteiger partial charge is 0.325 e. The summed E-state index contributed by atoms with van der Waals surface area (Å²) in [6.07, 6.45) is -4.57. The predicted molar refractivity (Wildman–Crippen MR) is 102 cm³/mol. The molecule has 29 heavy (non-hydrogen) atoms. The summed E-state index contributed by atoms with van der Waals surface area (Å²) < 4.78 is 54.0. The number of rotatable bonds is 6. The zero-order valence-corrected chi connectivity index (χ0v) is 16.0. The van der Waals surface area contributed by atoms with Crippen LogP contribution in [0.15, 0.2) is 53.7 Å². The summed E-state index contributed by atoms with van der Waals surface area (Å²) in [4.78, 5) is 12.2. The molecule has 3 rings (SSSR count). The van der Waals surface area contributed by atoms with Crippen molar-refractivity contribution in [3.05, 3.63) is 59.9 Å². The van der Waals surface area contributed by atoms with Crippen molar-refractivity contribution in [3.8, 4) is 11.4 Å². The maximum Gasteiger partial charge on any atom is 0.418 e. The van der Waals surface area contributed by atoms with E-state index in [4.69, 9.17) is 0 Å². The number of aromatic nitrogens is 3. The van der Waals surface area contributed by atoms with E-state index in [1.54, 1.807) is 16.7 Å². The molecule has 1 amide bonds. The highest BCUT2D eigenvalue weighted by molar-refractivity contribution is 7.99. The third-order valence-electron chi connectivity index (χ3n) is 3.97. The van der Waals surface area contributed by atoms with Gasteiger partial charge in [0, 0.05) is 12.1 Å². The lowest BCUT2D eigenvalue weighted by molar-refractivity contribution is -0.137. The number of alkyl halides is 3. The third kappa shape index (κ3) is 4.94. The Balaban J connectivity index is 1.71. The van der Waals surface area contributed by atoms with E-state index < -0.39 is 17.6 Å². The van der Waals surface area contributed by atoms with Crippen molar-refractivity contribution in [2.75, 3.05) is 11.1 Å². The van der Waals surface area contributed by atoms with Crippen LogP contribution in [0.25, 0.3) is 11.4 Å². The molecule has 0 atom stereocenters. The molecule has 10 heteroatoms. The molecule has 0 radical (unpaired) electrons. The molecule has 5 nitrogen and oxygen atoms in total. The Morgan fingerprint density at radius 3 is 2.45 bits per heavy atom. The van der Waals surface area contributed by atoms with Crippen molar-refractivity contribution in [1.82, 2.24) is 14.8 Å². The molecule has 0 fully saturated rings. The predicted octanol–water partition coefficient (Wildman–Crippen LogP) is 4.85. The molecule has 1 aromatic heterocycles. The zero-order chi connectivity index (χ0) is 21.0. The summed E-state index contributed by atoms with van der Waals surface area (Å²) in [7, 11) is 0. The molecule has 0 aliphatic rings. The van der Waals surface area contributed by atoms with Gasteiger partial charge < -0.3 is 9.88 Å². The monoisotopic (exact) mass is 424 g/mol. The molecule has 1 heterocycles. The molecule has 0 saturated heterocycles. The van der Waals surface area contributed by atoms with Gasteiger partial charge in [-0.25, -0.2) is 4.39 Å². The molecule has 0 spiro atoms. The minimum Gasteiger partial charge on any atom is -0.325 e. The molecule has 0 bridgehead atoms. The first-order valence-corrected chi connectivity index (χ1v) is 9.56. The fourth-order valence-electron chi connectivity index (χ4n) is 2.65.